The zero-order chi connectivity index (χ0) is 19.2. The lowest BCUT2D eigenvalue weighted by atomic mass is 10.3. The molecule has 3 aromatic rings. The van der Waals surface area contributed by atoms with E-state index in [1.165, 1.54) is 36.0 Å². The number of benzene rings is 3. The van der Waals surface area contributed by atoms with Gasteiger partial charge in [0, 0.05) is 27.6 Å². The second-order valence-corrected chi connectivity index (χ2v) is 6.90. The van der Waals surface area contributed by atoms with E-state index in [0.29, 0.717) is 5.75 Å². The summed E-state index contributed by atoms with van der Waals surface area (Å²) < 4.78 is 5.48. The van der Waals surface area contributed by atoms with Crippen molar-refractivity contribution in [2.45, 2.75) is 9.79 Å². The van der Waals surface area contributed by atoms with Gasteiger partial charge in [0.25, 0.3) is 10.9 Å². The SMILES string of the molecule is O=[N+]([O-])c1ccc(Sc2ccc(NC(=S)Oc3ccc(O)cc3)cc2)cc1. The minimum absolute atomic E-state index is 0.0704. The van der Waals surface area contributed by atoms with E-state index in [1.54, 1.807) is 24.3 Å². The molecule has 8 heteroatoms. The van der Waals surface area contributed by atoms with Gasteiger partial charge in [0.2, 0.25) is 0 Å². The Morgan fingerprint density at radius 1 is 0.963 bits per heavy atom. The van der Waals surface area contributed by atoms with E-state index in [2.05, 4.69) is 5.32 Å². The summed E-state index contributed by atoms with van der Waals surface area (Å²) in [5.74, 6) is 0.679. The lowest BCUT2D eigenvalue weighted by Crippen LogP contribution is -2.16. The molecule has 0 atom stereocenters. The smallest absolute Gasteiger partial charge is 0.269 e. The fourth-order valence-electron chi connectivity index (χ4n) is 2.14. The highest BCUT2D eigenvalue weighted by Crippen LogP contribution is 2.29. The average molecular weight is 398 g/mol. The van der Waals surface area contributed by atoms with E-state index in [1.807, 2.05) is 24.3 Å². The molecule has 0 aliphatic rings. The van der Waals surface area contributed by atoms with E-state index < -0.39 is 4.92 Å². The van der Waals surface area contributed by atoms with Crippen LogP contribution in [0.1, 0.15) is 0 Å². The monoisotopic (exact) mass is 398 g/mol. The van der Waals surface area contributed by atoms with Crippen LogP contribution in [0.5, 0.6) is 11.5 Å². The molecule has 0 heterocycles. The first-order valence-corrected chi connectivity index (χ1v) is 9.02. The summed E-state index contributed by atoms with van der Waals surface area (Å²) in [7, 11) is 0. The second-order valence-electron chi connectivity index (χ2n) is 5.39. The number of rotatable bonds is 5. The summed E-state index contributed by atoms with van der Waals surface area (Å²) in [6.07, 6.45) is 0. The molecule has 136 valence electrons. The number of phenolic OH excluding ortho intramolecular Hbond substituents is 1. The second kappa shape index (κ2) is 8.52. The molecule has 0 amide bonds. The van der Waals surface area contributed by atoms with Gasteiger partial charge in [-0.1, -0.05) is 11.8 Å². The van der Waals surface area contributed by atoms with Gasteiger partial charge in [0.1, 0.15) is 11.5 Å². The van der Waals surface area contributed by atoms with Gasteiger partial charge in [-0.25, -0.2) is 0 Å². The normalized spacial score (nSPS) is 10.2. The molecule has 0 aromatic heterocycles. The maximum Gasteiger partial charge on any atom is 0.269 e. The van der Waals surface area contributed by atoms with Crippen molar-refractivity contribution in [3.05, 3.63) is 82.9 Å². The third-order valence-electron chi connectivity index (χ3n) is 3.43. The van der Waals surface area contributed by atoms with Gasteiger partial charge in [-0.05, 0) is 72.9 Å². The molecule has 3 rings (SSSR count). The van der Waals surface area contributed by atoms with Gasteiger partial charge in [-0.2, -0.15) is 0 Å². The molecule has 0 fully saturated rings. The van der Waals surface area contributed by atoms with Crippen molar-refractivity contribution in [1.29, 1.82) is 0 Å². The van der Waals surface area contributed by atoms with E-state index in [-0.39, 0.29) is 16.6 Å². The van der Waals surface area contributed by atoms with E-state index >= 15 is 0 Å². The Bertz CT molecular complexity index is 943. The van der Waals surface area contributed by atoms with Crippen molar-refractivity contribution >= 4 is 40.5 Å². The van der Waals surface area contributed by atoms with Gasteiger partial charge in [0.05, 0.1) is 4.92 Å². The summed E-state index contributed by atoms with van der Waals surface area (Å²) >= 11 is 6.67. The number of nitrogens with zero attached hydrogens (tertiary/aromatic N) is 1. The minimum atomic E-state index is -0.419. The Morgan fingerprint density at radius 2 is 1.52 bits per heavy atom. The van der Waals surface area contributed by atoms with Crippen LogP contribution in [0.25, 0.3) is 0 Å². The Labute approximate surface area is 165 Å². The average Bonchev–Trinajstić information content (AvgIpc) is 2.66. The topological polar surface area (TPSA) is 84.6 Å². The number of thiocarbonyl (C=S) groups is 1. The molecule has 6 nitrogen and oxygen atoms in total. The zero-order valence-electron chi connectivity index (χ0n) is 13.9. The lowest BCUT2D eigenvalue weighted by Gasteiger charge is -2.10. The molecule has 3 aromatic carbocycles. The number of nitro benzene ring substituents is 1. The number of hydrogen-bond donors (Lipinski definition) is 2. The van der Waals surface area contributed by atoms with Crippen LogP contribution in [0.15, 0.2) is 82.6 Å². The van der Waals surface area contributed by atoms with Crippen molar-refractivity contribution in [2.75, 3.05) is 5.32 Å². The number of phenols is 1. The summed E-state index contributed by atoms with van der Waals surface area (Å²) in [4.78, 5) is 12.2. The van der Waals surface area contributed by atoms with Crippen molar-refractivity contribution in [2.24, 2.45) is 0 Å². The molecular formula is C19H14N2O4S2. The van der Waals surface area contributed by atoms with Crippen molar-refractivity contribution in [3.8, 4) is 11.5 Å². The van der Waals surface area contributed by atoms with Crippen LogP contribution in [0, 0.1) is 10.1 Å². The maximum atomic E-state index is 10.7. The molecule has 27 heavy (non-hydrogen) atoms. The fraction of sp³-hybridized carbons (Fsp3) is 0. The molecule has 0 unspecified atom stereocenters. The largest absolute Gasteiger partial charge is 0.508 e. The number of ether oxygens (including phenoxy) is 1. The quantitative estimate of drug-likeness (QED) is 0.346. The summed E-state index contributed by atoms with van der Waals surface area (Å²) in [6, 6.07) is 20.2. The molecule has 2 N–H and O–H groups in total. The number of nitrogens with one attached hydrogen (secondary N) is 1. The molecule has 0 bridgehead atoms. The fourth-order valence-corrected chi connectivity index (χ4v) is 3.17. The first-order chi connectivity index (χ1) is 13.0. The van der Waals surface area contributed by atoms with Crippen LogP contribution in [-0.4, -0.2) is 15.2 Å². The molecule has 0 aliphatic carbocycles. The lowest BCUT2D eigenvalue weighted by molar-refractivity contribution is -0.384. The number of anilines is 1. The third kappa shape index (κ3) is 5.44. The predicted octanol–water partition coefficient (Wildman–Crippen LogP) is 5.23. The van der Waals surface area contributed by atoms with Crippen LogP contribution in [0.2, 0.25) is 0 Å². The first kappa shape index (κ1) is 18.7. The van der Waals surface area contributed by atoms with Crippen LogP contribution in [0.4, 0.5) is 11.4 Å². The molecule has 0 aliphatic heterocycles. The van der Waals surface area contributed by atoms with Gasteiger partial charge in [-0.3, -0.25) is 10.1 Å². The van der Waals surface area contributed by atoms with Crippen LogP contribution in [-0.2, 0) is 0 Å². The van der Waals surface area contributed by atoms with Crippen molar-refractivity contribution in [1.82, 2.24) is 0 Å². The van der Waals surface area contributed by atoms with Crippen LogP contribution < -0.4 is 10.1 Å². The highest BCUT2D eigenvalue weighted by atomic mass is 32.2. The maximum absolute atomic E-state index is 10.7. The molecule has 0 spiro atoms. The summed E-state index contributed by atoms with van der Waals surface area (Å²) in [6.45, 7) is 0. The highest BCUT2D eigenvalue weighted by Gasteiger charge is 2.06. The number of nitro groups is 1. The molecule has 0 saturated carbocycles. The third-order valence-corrected chi connectivity index (χ3v) is 4.63. The van der Waals surface area contributed by atoms with E-state index in [9.17, 15) is 15.2 Å². The predicted molar refractivity (Wildman–Crippen MR) is 109 cm³/mol. The minimum Gasteiger partial charge on any atom is -0.508 e. The van der Waals surface area contributed by atoms with Gasteiger partial charge >= 0.3 is 0 Å². The molecule has 0 saturated heterocycles. The van der Waals surface area contributed by atoms with E-state index in [0.717, 1.165) is 15.5 Å². The van der Waals surface area contributed by atoms with Gasteiger partial charge < -0.3 is 15.2 Å². The Hall–Kier alpha value is -3.10. The Morgan fingerprint density at radius 3 is 2.07 bits per heavy atom. The molecular weight excluding hydrogens is 384 g/mol. The van der Waals surface area contributed by atoms with Gasteiger partial charge in [-0.15, -0.1) is 0 Å². The van der Waals surface area contributed by atoms with E-state index in [4.69, 9.17) is 17.0 Å². The zero-order valence-corrected chi connectivity index (χ0v) is 15.5. The number of hydrogen-bond acceptors (Lipinski definition) is 6. The Kier molecular flexibility index (Phi) is 5.90. The number of aromatic hydroxyl groups is 1. The molecule has 0 radical (unpaired) electrons. The Balaban J connectivity index is 1.57. The highest BCUT2D eigenvalue weighted by molar-refractivity contribution is 7.99. The van der Waals surface area contributed by atoms with Crippen LogP contribution >= 0.6 is 24.0 Å². The van der Waals surface area contributed by atoms with Gasteiger partial charge in [0.15, 0.2) is 0 Å². The summed E-state index contributed by atoms with van der Waals surface area (Å²) in [5.41, 5.74) is 0.841. The standard InChI is InChI=1S/C19H14N2O4S2/c22-15-5-7-16(8-6-15)25-19(26)20-13-1-9-17(10-2-13)27-18-11-3-14(4-12-18)21(23)24/h1-12,22H,(H,20,26). The van der Waals surface area contributed by atoms with Crippen molar-refractivity contribution < 1.29 is 14.8 Å². The van der Waals surface area contributed by atoms with Crippen LogP contribution in [0.3, 0.4) is 0 Å². The van der Waals surface area contributed by atoms with Crippen molar-refractivity contribution in [3.63, 3.8) is 0 Å². The summed E-state index contributed by atoms with van der Waals surface area (Å²) in [5, 5.41) is 23.1. The number of non-ortho nitro benzene ring substituents is 1. The first-order valence-electron chi connectivity index (χ1n) is 7.80.